The van der Waals surface area contributed by atoms with Crippen molar-refractivity contribution in [1.82, 2.24) is 6.15 Å². The lowest BCUT2D eigenvalue weighted by Gasteiger charge is -1.50. The quantitative estimate of drug-likeness (QED) is 0.528. The van der Waals surface area contributed by atoms with E-state index in [4.69, 9.17) is 0 Å². The minimum Gasteiger partial charge on any atom is -0.344 e. The average molecular weight is 152 g/mol. The maximum atomic E-state index is 2.15. The van der Waals surface area contributed by atoms with Crippen LogP contribution in [0.3, 0.4) is 0 Å². The van der Waals surface area contributed by atoms with Crippen molar-refractivity contribution < 1.29 is 0 Å². The zero-order valence-electron chi connectivity index (χ0n) is 4.02. The molecule has 0 aromatic carbocycles. The van der Waals surface area contributed by atoms with Crippen molar-refractivity contribution in [3.63, 3.8) is 0 Å². The van der Waals surface area contributed by atoms with Crippen LogP contribution in [0.25, 0.3) is 0 Å². The van der Waals surface area contributed by atoms with Crippen LogP contribution in [-0.4, -0.2) is 13.3 Å². The Balaban J connectivity index is -0.00000000667. The number of hydrogen-bond acceptors (Lipinski definition) is 1. The SMILES string of the molecule is CPC.Cl.Cl.N. The van der Waals surface area contributed by atoms with Crippen LogP contribution in [0.1, 0.15) is 0 Å². The predicted octanol–water partition coefficient (Wildman–Crippen LogP) is 1.93. The zero-order valence-corrected chi connectivity index (χ0v) is 6.66. The summed E-state index contributed by atoms with van der Waals surface area (Å²) in [7, 11) is 1.08. The zero-order chi connectivity index (χ0) is 2.71. The van der Waals surface area contributed by atoms with Crippen LogP contribution in [0.4, 0.5) is 0 Å². The van der Waals surface area contributed by atoms with Gasteiger partial charge in [0.15, 0.2) is 0 Å². The van der Waals surface area contributed by atoms with Crippen LogP contribution in [0, 0.1) is 0 Å². The van der Waals surface area contributed by atoms with E-state index in [1.807, 2.05) is 0 Å². The molecular formula is C2H12Cl2NP. The highest BCUT2D eigenvalue weighted by molar-refractivity contribution is 7.35. The molecule has 0 saturated heterocycles. The predicted molar refractivity (Wildman–Crippen MR) is 39.7 cm³/mol. The van der Waals surface area contributed by atoms with Crippen LogP contribution in [0.2, 0.25) is 0 Å². The van der Waals surface area contributed by atoms with E-state index in [2.05, 4.69) is 13.3 Å². The molecule has 0 spiro atoms. The largest absolute Gasteiger partial charge is 0.344 e. The molecule has 0 unspecified atom stereocenters. The van der Waals surface area contributed by atoms with Gasteiger partial charge in [0.25, 0.3) is 0 Å². The highest BCUT2D eigenvalue weighted by Crippen LogP contribution is 1.84. The van der Waals surface area contributed by atoms with Gasteiger partial charge in [-0.05, 0) is 13.3 Å². The molecule has 0 rings (SSSR count). The molecule has 0 aromatic heterocycles. The maximum absolute atomic E-state index is 2.15. The lowest BCUT2D eigenvalue weighted by atomic mass is 11.9. The Labute approximate surface area is 53.5 Å². The summed E-state index contributed by atoms with van der Waals surface area (Å²) in [6, 6.07) is 0. The Kier molecular flexibility index (Phi) is 178. The second-order valence-electron chi connectivity index (χ2n) is 0.500. The summed E-state index contributed by atoms with van der Waals surface area (Å²) in [6.07, 6.45) is 0. The fourth-order valence-corrected chi connectivity index (χ4v) is 0. The molecule has 0 aliphatic heterocycles. The van der Waals surface area contributed by atoms with E-state index >= 15 is 0 Å². The van der Waals surface area contributed by atoms with E-state index in [0.717, 1.165) is 8.58 Å². The van der Waals surface area contributed by atoms with Crippen molar-refractivity contribution >= 4 is 33.4 Å². The van der Waals surface area contributed by atoms with Crippen LogP contribution >= 0.6 is 33.4 Å². The molecule has 1 nitrogen and oxygen atoms in total. The monoisotopic (exact) mass is 151 g/mol. The summed E-state index contributed by atoms with van der Waals surface area (Å²) < 4.78 is 0. The Hall–Kier alpha value is 0.970. The van der Waals surface area contributed by atoms with Gasteiger partial charge >= 0.3 is 0 Å². The van der Waals surface area contributed by atoms with Crippen molar-refractivity contribution in [2.45, 2.75) is 0 Å². The molecule has 0 saturated carbocycles. The van der Waals surface area contributed by atoms with E-state index in [0.29, 0.717) is 0 Å². The highest BCUT2D eigenvalue weighted by Gasteiger charge is 1.33. The molecule has 0 amide bonds. The van der Waals surface area contributed by atoms with Crippen LogP contribution in [0.5, 0.6) is 0 Å². The van der Waals surface area contributed by atoms with Crippen LogP contribution in [-0.2, 0) is 0 Å². The fraction of sp³-hybridized carbons (Fsp3) is 1.00. The van der Waals surface area contributed by atoms with Crippen molar-refractivity contribution in [1.29, 1.82) is 0 Å². The molecule has 0 fully saturated rings. The van der Waals surface area contributed by atoms with Crippen molar-refractivity contribution in [2.24, 2.45) is 0 Å². The number of rotatable bonds is 0. The molecule has 6 heavy (non-hydrogen) atoms. The topological polar surface area (TPSA) is 35.0 Å². The van der Waals surface area contributed by atoms with Crippen LogP contribution in [0.15, 0.2) is 0 Å². The molecule has 0 aliphatic rings. The maximum Gasteiger partial charge on any atom is -0.0475 e. The van der Waals surface area contributed by atoms with Crippen molar-refractivity contribution in [3.05, 3.63) is 0 Å². The molecule has 0 aliphatic carbocycles. The Morgan fingerprint density at radius 1 is 1.00 bits per heavy atom. The average Bonchev–Trinajstić information content (AvgIpc) is 0.918. The number of halogens is 2. The lowest BCUT2D eigenvalue weighted by Crippen LogP contribution is -1.18. The first-order valence-corrected chi connectivity index (χ1v) is 3.00. The molecular weight excluding hydrogens is 140 g/mol. The minimum atomic E-state index is 0. The summed E-state index contributed by atoms with van der Waals surface area (Å²) in [4.78, 5) is 0. The molecule has 3 N–H and O–H groups in total. The third-order valence-corrected chi connectivity index (χ3v) is 0. The van der Waals surface area contributed by atoms with Gasteiger partial charge < -0.3 is 6.15 Å². The standard InChI is InChI=1S/C2H7P.2ClH.H3N/c1-3-2;;;/h3H,1-2H3;2*1H;1H3. The summed E-state index contributed by atoms with van der Waals surface area (Å²) in [5.74, 6) is 0. The molecule has 0 aromatic rings. The fourth-order valence-electron chi connectivity index (χ4n) is 0. The summed E-state index contributed by atoms with van der Waals surface area (Å²) >= 11 is 0. The smallest absolute Gasteiger partial charge is 0.0475 e. The molecule has 0 bridgehead atoms. The van der Waals surface area contributed by atoms with E-state index in [1.54, 1.807) is 0 Å². The second-order valence-corrected chi connectivity index (χ2v) is 1.50. The third-order valence-electron chi connectivity index (χ3n) is 0. The highest BCUT2D eigenvalue weighted by atomic mass is 35.5. The van der Waals surface area contributed by atoms with Gasteiger partial charge in [0.2, 0.25) is 0 Å². The van der Waals surface area contributed by atoms with Gasteiger partial charge in [-0.1, -0.05) is 0 Å². The van der Waals surface area contributed by atoms with Gasteiger partial charge in [-0.2, -0.15) is 0 Å². The normalized spacial score (nSPS) is 3.00. The van der Waals surface area contributed by atoms with E-state index < -0.39 is 0 Å². The summed E-state index contributed by atoms with van der Waals surface area (Å²) in [6.45, 7) is 4.31. The molecule has 0 heterocycles. The summed E-state index contributed by atoms with van der Waals surface area (Å²) in [5, 5.41) is 0. The van der Waals surface area contributed by atoms with Gasteiger partial charge in [-0.25, -0.2) is 0 Å². The number of hydrogen-bond donors (Lipinski definition) is 1. The molecule has 0 atom stereocenters. The second kappa shape index (κ2) is 38.0. The Morgan fingerprint density at radius 3 is 1.00 bits per heavy atom. The van der Waals surface area contributed by atoms with E-state index in [-0.39, 0.29) is 31.0 Å². The Bertz CT molecular complexity index is 11.5. The first-order valence-electron chi connectivity index (χ1n) is 1.00. The van der Waals surface area contributed by atoms with Gasteiger partial charge in [0.05, 0.1) is 0 Å². The molecule has 44 valence electrons. The van der Waals surface area contributed by atoms with Gasteiger partial charge in [0.1, 0.15) is 0 Å². The van der Waals surface area contributed by atoms with Crippen molar-refractivity contribution in [3.8, 4) is 0 Å². The first kappa shape index (κ1) is 28.2. The van der Waals surface area contributed by atoms with Crippen molar-refractivity contribution in [2.75, 3.05) is 13.3 Å². The molecule has 4 heteroatoms. The lowest BCUT2D eigenvalue weighted by molar-refractivity contribution is 2.13. The summed E-state index contributed by atoms with van der Waals surface area (Å²) in [5.41, 5.74) is 0. The first-order chi connectivity index (χ1) is 1.41. The van der Waals surface area contributed by atoms with Gasteiger partial charge in [0, 0.05) is 0 Å². The minimum absolute atomic E-state index is 0. The molecule has 0 radical (unpaired) electrons. The van der Waals surface area contributed by atoms with Gasteiger partial charge in [-0.3, -0.25) is 0 Å². The Morgan fingerprint density at radius 2 is 1.00 bits per heavy atom. The third kappa shape index (κ3) is 83.3. The van der Waals surface area contributed by atoms with Gasteiger partial charge in [-0.15, -0.1) is 33.4 Å². The van der Waals surface area contributed by atoms with Crippen LogP contribution < -0.4 is 6.15 Å². The van der Waals surface area contributed by atoms with E-state index in [9.17, 15) is 0 Å². The van der Waals surface area contributed by atoms with E-state index in [1.165, 1.54) is 0 Å².